The molecule has 0 saturated carbocycles. The molecule has 0 aliphatic heterocycles. The molecule has 1 amide bonds. The fourth-order valence-corrected chi connectivity index (χ4v) is 2.32. The normalized spacial score (nSPS) is 12.2. The van der Waals surface area contributed by atoms with Crippen molar-refractivity contribution in [1.29, 1.82) is 0 Å². The number of carbonyl (C=O) groups excluding carboxylic acids is 1. The Morgan fingerprint density at radius 1 is 1.44 bits per heavy atom. The molecule has 0 bridgehead atoms. The molecule has 2 nitrogen and oxygen atoms in total. The Bertz CT molecular complexity index is 329. The van der Waals surface area contributed by atoms with Crippen LogP contribution in [0.5, 0.6) is 0 Å². The largest absolute Gasteiger partial charge is 0.344 e. The minimum Gasteiger partial charge on any atom is -0.344 e. The summed E-state index contributed by atoms with van der Waals surface area (Å²) in [6.07, 6.45) is 0. The summed E-state index contributed by atoms with van der Waals surface area (Å²) in [5, 5.41) is -0.00400. The maximum Gasteiger partial charge on any atom is 0.232 e. The van der Waals surface area contributed by atoms with Crippen molar-refractivity contribution in [2.75, 3.05) is 19.3 Å². The van der Waals surface area contributed by atoms with Crippen LogP contribution in [0.25, 0.3) is 0 Å². The summed E-state index contributed by atoms with van der Waals surface area (Å²) >= 11 is 7.38. The molecule has 1 rings (SSSR count). The molecule has 0 aliphatic rings. The molecular weight excluding hydrogens is 242 g/mol. The number of amides is 1. The lowest BCUT2D eigenvalue weighted by atomic mass is 10.4. The summed E-state index contributed by atoms with van der Waals surface area (Å²) in [4.78, 5) is 14.5. The van der Waals surface area contributed by atoms with Crippen LogP contribution in [0.3, 0.4) is 0 Å². The molecule has 4 heteroatoms. The van der Waals surface area contributed by atoms with Gasteiger partial charge in [0.05, 0.1) is 5.75 Å². The van der Waals surface area contributed by atoms with Crippen molar-refractivity contribution in [3.8, 4) is 0 Å². The topological polar surface area (TPSA) is 20.3 Å². The van der Waals surface area contributed by atoms with Gasteiger partial charge in [-0.1, -0.05) is 18.2 Å². The molecule has 0 heterocycles. The van der Waals surface area contributed by atoms with Crippen molar-refractivity contribution in [2.24, 2.45) is 0 Å². The highest BCUT2D eigenvalue weighted by molar-refractivity contribution is 8.00. The number of benzene rings is 1. The molecule has 0 saturated heterocycles. The molecule has 1 unspecified atom stereocenters. The number of thioether (sulfide) groups is 1. The Morgan fingerprint density at radius 3 is 2.62 bits per heavy atom. The summed E-state index contributed by atoms with van der Waals surface area (Å²) in [7, 11) is 1.78. The first kappa shape index (κ1) is 13.4. The summed E-state index contributed by atoms with van der Waals surface area (Å²) in [6.45, 7) is 2.48. The van der Waals surface area contributed by atoms with E-state index in [-0.39, 0.29) is 11.3 Å². The highest BCUT2D eigenvalue weighted by Gasteiger charge is 2.10. The Labute approximate surface area is 106 Å². The van der Waals surface area contributed by atoms with Gasteiger partial charge in [-0.05, 0) is 19.1 Å². The van der Waals surface area contributed by atoms with E-state index in [0.717, 1.165) is 4.90 Å². The van der Waals surface area contributed by atoms with E-state index in [9.17, 15) is 4.79 Å². The molecule has 0 fully saturated rings. The summed E-state index contributed by atoms with van der Waals surface area (Å²) in [5.74, 6) is 0.575. The summed E-state index contributed by atoms with van der Waals surface area (Å²) in [5.41, 5.74) is 0. The average molecular weight is 258 g/mol. The lowest BCUT2D eigenvalue weighted by Crippen LogP contribution is -2.32. The van der Waals surface area contributed by atoms with Gasteiger partial charge in [-0.25, -0.2) is 0 Å². The van der Waals surface area contributed by atoms with Gasteiger partial charge in [0.2, 0.25) is 5.91 Å². The quantitative estimate of drug-likeness (QED) is 0.597. The van der Waals surface area contributed by atoms with E-state index in [1.54, 1.807) is 23.7 Å². The molecular formula is C12H16ClNOS. The maximum absolute atomic E-state index is 11.7. The Balaban J connectivity index is 2.35. The van der Waals surface area contributed by atoms with Crippen LogP contribution in [0.2, 0.25) is 0 Å². The molecule has 88 valence electrons. The number of carbonyl (C=O) groups is 1. The van der Waals surface area contributed by atoms with E-state index < -0.39 is 0 Å². The highest BCUT2D eigenvalue weighted by Crippen LogP contribution is 2.17. The zero-order valence-corrected chi connectivity index (χ0v) is 11.1. The number of nitrogens with zero attached hydrogens (tertiary/aromatic N) is 1. The second-order valence-corrected chi connectivity index (χ2v) is 5.45. The van der Waals surface area contributed by atoms with Crippen molar-refractivity contribution in [2.45, 2.75) is 17.2 Å². The third-order valence-electron chi connectivity index (χ3n) is 2.06. The van der Waals surface area contributed by atoms with E-state index >= 15 is 0 Å². The van der Waals surface area contributed by atoms with Crippen LogP contribution in [0.1, 0.15) is 6.92 Å². The first-order chi connectivity index (χ1) is 7.59. The molecule has 0 radical (unpaired) electrons. The van der Waals surface area contributed by atoms with Crippen molar-refractivity contribution < 1.29 is 4.79 Å². The van der Waals surface area contributed by atoms with Crippen LogP contribution < -0.4 is 0 Å². The predicted octanol–water partition coefficient (Wildman–Crippen LogP) is 2.86. The molecule has 1 atom stereocenters. The van der Waals surface area contributed by atoms with Crippen molar-refractivity contribution in [3.63, 3.8) is 0 Å². The monoisotopic (exact) mass is 257 g/mol. The van der Waals surface area contributed by atoms with E-state index in [2.05, 4.69) is 0 Å². The van der Waals surface area contributed by atoms with Crippen LogP contribution in [-0.4, -0.2) is 35.5 Å². The van der Waals surface area contributed by atoms with Gasteiger partial charge < -0.3 is 4.90 Å². The first-order valence-corrected chi connectivity index (χ1v) is 6.57. The zero-order chi connectivity index (χ0) is 12.0. The van der Waals surface area contributed by atoms with Gasteiger partial charge >= 0.3 is 0 Å². The van der Waals surface area contributed by atoms with Crippen LogP contribution in [0.15, 0.2) is 35.2 Å². The average Bonchev–Trinajstić information content (AvgIpc) is 2.26. The van der Waals surface area contributed by atoms with E-state index in [1.165, 1.54) is 0 Å². The highest BCUT2D eigenvalue weighted by atomic mass is 35.5. The number of rotatable bonds is 5. The number of halogens is 1. The van der Waals surface area contributed by atoms with E-state index in [0.29, 0.717) is 12.3 Å². The van der Waals surface area contributed by atoms with Gasteiger partial charge in [-0.3, -0.25) is 4.79 Å². The molecule has 1 aromatic carbocycles. The second-order valence-electron chi connectivity index (χ2n) is 3.66. The first-order valence-electron chi connectivity index (χ1n) is 5.15. The molecule has 0 aromatic heterocycles. The van der Waals surface area contributed by atoms with Crippen molar-refractivity contribution in [1.82, 2.24) is 4.90 Å². The summed E-state index contributed by atoms with van der Waals surface area (Å²) < 4.78 is 0. The third kappa shape index (κ3) is 4.90. The molecule has 0 N–H and O–H groups in total. The zero-order valence-electron chi connectivity index (χ0n) is 9.52. The molecule has 1 aromatic rings. The van der Waals surface area contributed by atoms with Gasteiger partial charge in [0.15, 0.2) is 0 Å². The van der Waals surface area contributed by atoms with Crippen LogP contribution >= 0.6 is 23.4 Å². The van der Waals surface area contributed by atoms with Crippen LogP contribution in [-0.2, 0) is 4.79 Å². The van der Waals surface area contributed by atoms with Crippen molar-refractivity contribution in [3.05, 3.63) is 30.3 Å². The van der Waals surface area contributed by atoms with E-state index in [1.807, 2.05) is 37.3 Å². The van der Waals surface area contributed by atoms with Crippen molar-refractivity contribution >= 4 is 29.3 Å². The minimum absolute atomic E-state index is 0.00400. The lowest BCUT2D eigenvalue weighted by molar-refractivity contribution is -0.127. The molecule has 0 spiro atoms. The third-order valence-corrected chi connectivity index (χ3v) is 3.19. The fraction of sp³-hybridized carbons (Fsp3) is 0.417. The Hall–Kier alpha value is -0.670. The van der Waals surface area contributed by atoms with Crippen LogP contribution in [0, 0.1) is 0 Å². The predicted molar refractivity (Wildman–Crippen MR) is 70.1 cm³/mol. The van der Waals surface area contributed by atoms with Gasteiger partial charge in [-0.15, -0.1) is 23.4 Å². The van der Waals surface area contributed by atoms with Crippen LogP contribution in [0.4, 0.5) is 0 Å². The smallest absolute Gasteiger partial charge is 0.232 e. The number of hydrogen-bond donors (Lipinski definition) is 0. The standard InChI is InChI=1S/C12H16ClNOS/c1-10(13)8-14(2)12(15)9-16-11-6-4-3-5-7-11/h3-7,10H,8-9H2,1-2H3. The number of hydrogen-bond acceptors (Lipinski definition) is 2. The maximum atomic E-state index is 11.7. The van der Waals surface area contributed by atoms with E-state index in [4.69, 9.17) is 11.6 Å². The summed E-state index contributed by atoms with van der Waals surface area (Å²) in [6, 6.07) is 9.91. The van der Waals surface area contributed by atoms with Gasteiger partial charge in [0, 0.05) is 23.9 Å². The lowest BCUT2D eigenvalue weighted by Gasteiger charge is -2.18. The molecule has 0 aliphatic carbocycles. The minimum atomic E-state index is -0.00400. The van der Waals surface area contributed by atoms with Gasteiger partial charge in [0.1, 0.15) is 0 Å². The fourth-order valence-electron chi connectivity index (χ4n) is 1.25. The second kappa shape index (κ2) is 6.81. The van der Waals surface area contributed by atoms with Gasteiger partial charge in [0.25, 0.3) is 0 Å². The number of alkyl halides is 1. The SMILES string of the molecule is CC(Cl)CN(C)C(=O)CSc1ccccc1. The Kier molecular flexibility index (Phi) is 5.71. The molecule has 16 heavy (non-hydrogen) atoms. The Morgan fingerprint density at radius 2 is 2.06 bits per heavy atom. The van der Waals surface area contributed by atoms with Gasteiger partial charge in [-0.2, -0.15) is 0 Å².